The van der Waals surface area contributed by atoms with Crippen molar-refractivity contribution in [2.75, 3.05) is 0 Å². The molecule has 0 aromatic carbocycles. The van der Waals surface area contributed by atoms with Gasteiger partial charge in [0.05, 0.1) is 6.07 Å². The van der Waals surface area contributed by atoms with Crippen LogP contribution in [-0.2, 0) is 4.43 Å². The molecule has 2 nitrogen and oxygen atoms in total. The molecule has 0 spiro atoms. The summed E-state index contributed by atoms with van der Waals surface area (Å²) in [4.78, 5) is 0. The first-order valence-electron chi connectivity index (χ1n) is 7.94. The van der Waals surface area contributed by atoms with Crippen molar-refractivity contribution in [3.05, 3.63) is 0 Å². The highest BCUT2D eigenvalue weighted by Crippen LogP contribution is 2.71. The molecule has 0 heterocycles. The topological polar surface area (TPSA) is 33.0 Å². The minimum Gasteiger partial charge on any atom is -0.399 e. The van der Waals surface area contributed by atoms with Gasteiger partial charge in [-0.05, 0) is 48.7 Å². The Hall–Kier alpha value is -0.333. The zero-order chi connectivity index (χ0) is 15.6. The summed E-state index contributed by atoms with van der Waals surface area (Å²) < 4.78 is 6.75. The van der Waals surface area contributed by atoms with Crippen LogP contribution in [0.1, 0.15) is 60.8 Å². The van der Waals surface area contributed by atoms with Gasteiger partial charge in [-0.25, -0.2) is 0 Å². The molecule has 0 aliphatic heterocycles. The van der Waals surface area contributed by atoms with Gasteiger partial charge in [0.15, 0.2) is 8.32 Å². The van der Waals surface area contributed by atoms with E-state index >= 15 is 0 Å². The molecular formula is C17H31NOSi. The van der Waals surface area contributed by atoms with Gasteiger partial charge in [-0.15, -0.1) is 0 Å². The molecule has 2 rings (SSSR count). The average molecular weight is 294 g/mol. The fraction of sp³-hybridized carbons (Fsp3) is 0.941. The Bertz CT molecular complexity index is 457. The second-order valence-electron chi connectivity index (χ2n) is 9.29. The fourth-order valence-electron chi connectivity index (χ4n) is 4.18. The molecule has 0 aromatic rings. The molecule has 114 valence electrons. The van der Waals surface area contributed by atoms with Crippen LogP contribution < -0.4 is 0 Å². The zero-order valence-corrected chi connectivity index (χ0v) is 15.6. The molecule has 0 amide bonds. The number of hydrogen-bond acceptors (Lipinski definition) is 2. The molecule has 0 radical (unpaired) electrons. The summed E-state index contributed by atoms with van der Waals surface area (Å²) in [6.07, 6.45) is 3.32. The Kier molecular flexibility index (Phi) is 3.29. The predicted octanol–water partition coefficient (Wildman–Crippen LogP) is 5.12. The van der Waals surface area contributed by atoms with Crippen molar-refractivity contribution in [2.24, 2.45) is 16.7 Å². The largest absolute Gasteiger partial charge is 0.399 e. The van der Waals surface area contributed by atoms with Crippen molar-refractivity contribution >= 4 is 8.32 Å². The van der Waals surface area contributed by atoms with Crippen LogP contribution in [0, 0.1) is 28.1 Å². The normalized spacial score (nSPS) is 39.9. The molecule has 2 fully saturated rings. The van der Waals surface area contributed by atoms with Crippen LogP contribution in [0.4, 0.5) is 0 Å². The third-order valence-corrected chi connectivity index (χ3v) is 11.7. The van der Waals surface area contributed by atoms with Crippen molar-refractivity contribution in [2.45, 2.75) is 84.5 Å². The molecule has 2 aliphatic rings. The van der Waals surface area contributed by atoms with E-state index in [1.807, 2.05) is 0 Å². The quantitative estimate of drug-likeness (QED) is 0.662. The Morgan fingerprint density at radius 2 is 1.75 bits per heavy atom. The predicted molar refractivity (Wildman–Crippen MR) is 85.9 cm³/mol. The van der Waals surface area contributed by atoms with Crippen molar-refractivity contribution in [3.8, 4) is 6.07 Å². The lowest BCUT2D eigenvalue weighted by atomic mass is 9.65. The molecule has 0 saturated heterocycles. The SMILES string of the molecule is CC1(C)[C@@H]2CC[C@@]1(C)[C@](C#N)(O[Si](C)(C)C(C)(C)C)C2. The first-order chi connectivity index (χ1) is 8.83. The van der Waals surface area contributed by atoms with E-state index in [1.54, 1.807) is 0 Å². The van der Waals surface area contributed by atoms with Crippen LogP contribution in [0.5, 0.6) is 0 Å². The molecule has 0 aromatic heterocycles. The van der Waals surface area contributed by atoms with E-state index in [0.29, 0.717) is 5.92 Å². The van der Waals surface area contributed by atoms with E-state index in [0.717, 1.165) is 12.8 Å². The smallest absolute Gasteiger partial charge is 0.194 e. The number of nitrogens with zero attached hydrogens (tertiary/aromatic N) is 1. The van der Waals surface area contributed by atoms with Crippen LogP contribution in [0.2, 0.25) is 18.1 Å². The van der Waals surface area contributed by atoms with Crippen LogP contribution >= 0.6 is 0 Å². The third-order valence-electron chi connectivity index (χ3n) is 7.28. The van der Waals surface area contributed by atoms with Crippen LogP contribution in [0.25, 0.3) is 0 Å². The molecule has 0 unspecified atom stereocenters. The molecule has 2 aliphatic carbocycles. The Morgan fingerprint density at radius 3 is 2.05 bits per heavy atom. The summed E-state index contributed by atoms with van der Waals surface area (Å²) in [5, 5.41) is 10.2. The van der Waals surface area contributed by atoms with Gasteiger partial charge in [-0.2, -0.15) is 5.26 Å². The Labute approximate surface area is 126 Å². The van der Waals surface area contributed by atoms with Gasteiger partial charge >= 0.3 is 0 Å². The second kappa shape index (κ2) is 4.11. The summed E-state index contributed by atoms with van der Waals surface area (Å²) in [5.74, 6) is 0.636. The van der Waals surface area contributed by atoms with Crippen LogP contribution in [-0.4, -0.2) is 13.9 Å². The first-order valence-corrected chi connectivity index (χ1v) is 10.9. The van der Waals surface area contributed by atoms with Crippen LogP contribution in [0.3, 0.4) is 0 Å². The second-order valence-corrected chi connectivity index (χ2v) is 14.0. The van der Waals surface area contributed by atoms with Crippen LogP contribution in [0.15, 0.2) is 0 Å². The summed E-state index contributed by atoms with van der Waals surface area (Å²) >= 11 is 0. The van der Waals surface area contributed by atoms with E-state index in [-0.39, 0.29) is 15.9 Å². The van der Waals surface area contributed by atoms with Crippen molar-refractivity contribution in [3.63, 3.8) is 0 Å². The van der Waals surface area contributed by atoms with Gasteiger partial charge in [-0.1, -0.05) is 41.5 Å². The number of fused-ring (bicyclic) bond motifs is 2. The van der Waals surface area contributed by atoms with Gasteiger partial charge in [0.2, 0.25) is 0 Å². The summed E-state index contributed by atoms with van der Waals surface area (Å²) in [7, 11) is -1.93. The van der Waals surface area contributed by atoms with Crippen molar-refractivity contribution in [1.82, 2.24) is 0 Å². The molecule has 20 heavy (non-hydrogen) atoms. The molecule has 3 atom stereocenters. The molecule has 2 bridgehead atoms. The maximum atomic E-state index is 10.0. The van der Waals surface area contributed by atoms with Gasteiger partial charge in [0.25, 0.3) is 0 Å². The van der Waals surface area contributed by atoms with Crippen molar-refractivity contribution < 1.29 is 4.43 Å². The summed E-state index contributed by atoms with van der Waals surface area (Å²) in [6, 6.07) is 2.65. The van der Waals surface area contributed by atoms with Gasteiger partial charge in [-0.3, -0.25) is 0 Å². The Morgan fingerprint density at radius 1 is 1.20 bits per heavy atom. The van der Waals surface area contributed by atoms with E-state index < -0.39 is 13.9 Å². The average Bonchev–Trinajstić information content (AvgIpc) is 2.59. The number of hydrogen-bond donors (Lipinski definition) is 0. The maximum absolute atomic E-state index is 10.0. The summed E-state index contributed by atoms with van der Waals surface area (Å²) in [5.41, 5.74) is -0.359. The minimum absolute atomic E-state index is 0.00502. The monoisotopic (exact) mass is 293 g/mol. The zero-order valence-electron chi connectivity index (χ0n) is 14.6. The highest BCUT2D eigenvalue weighted by Gasteiger charge is 2.71. The highest BCUT2D eigenvalue weighted by atomic mass is 28.4. The number of rotatable bonds is 2. The van der Waals surface area contributed by atoms with Crippen molar-refractivity contribution in [1.29, 1.82) is 5.26 Å². The van der Waals surface area contributed by atoms with E-state index in [2.05, 4.69) is 60.7 Å². The third kappa shape index (κ3) is 1.77. The van der Waals surface area contributed by atoms with Gasteiger partial charge in [0, 0.05) is 5.41 Å². The minimum atomic E-state index is -1.93. The molecule has 2 saturated carbocycles. The fourth-order valence-corrected chi connectivity index (χ4v) is 5.71. The summed E-state index contributed by atoms with van der Waals surface area (Å²) in [6.45, 7) is 18.3. The lowest BCUT2D eigenvalue weighted by Gasteiger charge is -2.50. The van der Waals surface area contributed by atoms with E-state index in [4.69, 9.17) is 4.43 Å². The molecular weight excluding hydrogens is 262 g/mol. The number of nitriles is 1. The van der Waals surface area contributed by atoms with E-state index in [9.17, 15) is 5.26 Å². The van der Waals surface area contributed by atoms with Gasteiger partial charge < -0.3 is 4.43 Å². The first kappa shape index (κ1) is 16.0. The standard InChI is InChI=1S/C17H31NOSi/c1-14(2,3)20(7,8)19-17(12-18)11-13-9-10-16(17,6)15(13,4)5/h13H,9-11H2,1-8H3/t13-,16-,17+/m1/s1. The Balaban J connectivity index is 2.43. The van der Waals surface area contributed by atoms with Gasteiger partial charge in [0.1, 0.15) is 5.60 Å². The van der Waals surface area contributed by atoms with E-state index in [1.165, 1.54) is 6.42 Å². The lowest BCUT2D eigenvalue weighted by Crippen LogP contribution is -2.56. The maximum Gasteiger partial charge on any atom is 0.194 e. The molecule has 3 heteroatoms. The molecule has 0 N–H and O–H groups in total. The lowest BCUT2D eigenvalue weighted by molar-refractivity contribution is -0.0344. The highest BCUT2D eigenvalue weighted by molar-refractivity contribution is 6.74.